The number of ether oxygens (including phenoxy) is 1. The first-order valence-corrected chi connectivity index (χ1v) is 5.15. The molecule has 0 heterocycles. The van der Waals surface area contributed by atoms with Gasteiger partial charge in [0.25, 0.3) is 0 Å². The molecule has 0 radical (unpaired) electrons. The van der Waals surface area contributed by atoms with Gasteiger partial charge in [0.2, 0.25) is 0 Å². The van der Waals surface area contributed by atoms with Crippen molar-refractivity contribution in [1.29, 1.82) is 0 Å². The van der Waals surface area contributed by atoms with Crippen LogP contribution < -0.4 is 4.74 Å². The zero-order valence-electron chi connectivity index (χ0n) is 9.57. The van der Waals surface area contributed by atoms with Gasteiger partial charge in [-0.15, -0.1) is 0 Å². The molecule has 0 amide bonds. The van der Waals surface area contributed by atoms with Crippen LogP contribution in [0.4, 0.5) is 4.39 Å². The molecule has 0 bridgehead atoms. The number of rotatable bonds is 5. The molecular weight excluding hydrogens is 227 g/mol. The molecule has 4 nitrogen and oxygen atoms in total. The van der Waals surface area contributed by atoms with Gasteiger partial charge in [-0.2, -0.15) is 0 Å². The SMILES string of the molecule is CCC(Oc1ccc(F)cc1C(C)=O)C(=O)O. The van der Waals surface area contributed by atoms with E-state index in [0.717, 1.165) is 12.1 Å². The number of carbonyl (C=O) groups is 2. The molecule has 5 heteroatoms. The largest absolute Gasteiger partial charge is 0.479 e. The molecule has 1 N–H and O–H groups in total. The molecule has 1 rings (SSSR count). The summed E-state index contributed by atoms with van der Waals surface area (Å²) in [6.07, 6.45) is -0.789. The van der Waals surface area contributed by atoms with Crippen molar-refractivity contribution in [2.24, 2.45) is 0 Å². The molecule has 1 aromatic rings. The number of carbonyl (C=O) groups excluding carboxylic acids is 1. The van der Waals surface area contributed by atoms with Gasteiger partial charge < -0.3 is 9.84 Å². The molecule has 0 aliphatic heterocycles. The summed E-state index contributed by atoms with van der Waals surface area (Å²) in [5.41, 5.74) is 0.0460. The molecule has 92 valence electrons. The van der Waals surface area contributed by atoms with Crippen LogP contribution in [0.15, 0.2) is 18.2 Å². The monoisotopic (exact) mass is 240 g/mol. The van der Waals surface area contributed by atoms with E-state index in [4.69, 9.17) is 9.84 Å². The molecule has 0 fully saturated rings. The van der Waals surface area contributed by atoms with E-state index in [-0.39, 0.29) is 23.5 Å². The second-order valence-corrected chi connectivity index (χ2v) is 3.55. The number of carboxylic acid groups (broad SMARTS) is 1. The average Bonchev–Trinajstić information content (AvgIpc) is 2.26. The lowest BCUT2D eigenvalue weighted by atomic mass is 10.1. The summed E-state index contributed by atoms with van der Waals surface area (Å²) in [5, 5.41) is 8.83. The fourth-order valence-electron chi connectivity index (χ4n) is 1.34. The van der Waals surface area contributed by atoms with Gasteiger partial charge in [0, 0.05) is 0 Å². The van der Waals surface area contributed by atoms with Crippen molar-refractivity contribution < 1.29 is 23.8 Å². The standard InChI is InChI=1S/C12H13FO4/c1-3-10(12(15)16)17-11-5-4-8(13)6-9(11)7(2)14/h4-6,10H,3H2,1-2H3,(H,15,16). The number of hydrogen-bond acceptors (Lipinski definition) is 3. The Morgan fingerprint density at radius 3 is 2.59 bits per heavy atom. The molecule has 0 spiro atoms. The van der Waals surface area contributed by atoms with E-state index >= 15 is 0 Å². The molecular formula is C12H13FO4. The fraction of sp³-hybridized carbons (Fsp3) is 0.333. The maximum Gasteiger partial charge on any atom is 0.344 e. The highest BCUT2D eigenvalue weighted by Crippen LogP contribution is 2.22. The second kappa shape index (κ2) is 5.43. The van der Waals surface area contributed by atoms with Crippen LogP contribution in [0.2, 0.25) is 0 Å². The van der Waals surface area contributed by atoms with Crippen molar-refractivity contribution in [2.75, 3.05) is 0 Å². The summed E-state index contributed by atoms with van der Waals surface area (Å²) in [6, 6.07) is 3.42. The van der Waals surface area contributed by atoms with Gasteiger partial charge in [-0.3, -0.25) is 4.79 Å². The maximum absolute atomic E-state index is 13.0. The van der Waals surface area contributed by atoms with Gasteiger partial charge >= 0.3 is 5.97 Å². The van der Waals surface area contributed by atoms with E-state index in [9.17, 15) is 14.0 Å². The van der Waals surface area contributed by atoms with Crippen molar-refractivity contribution in [1.82, 2.24) is 0 Å². The van der Waals surface area contributed by atoms with Crippen LogP contribution in [0.3, 0.4) is 0 Å². The highest BCUT2D eigenvalue weighted by molar-refractivity contribution is 5.96. The van der Waals surface area contributed by atoms with E-state index < -0.39 is 17.9 Å². The Hall–Kier alpha value is -1.91. The molecule has 0 aromatic heterocycles. The van der Waals surface area contributed by atoms with Gasteiger partial charge in [0.15, 0.2) is 11.9 Å². The third-order valence-electron chi connectivity index (χ3n) is 2.24. The summed E-state index contributed by atoms with van der Waals surface area (Å²) >= 11 is 0. The number of benzene rings is 1. The Balaban J connectivity index is 3.05. The van der Waals surface area contributed by atoms with E-state index in [2.05, 4.69) is 0 Å². The third-order valence-corrected chi connectivity index (χ3v) is 2.24. The summed E-state index contributed by atoms with van der Waals surface area (Å²) in [6.45, 7) is 2.92. The van der Waals surface area contributed by atoms with Crippen LogP contribution in [0, 0.1) is 5.82 Å². The first kappa shape index (κ1) is 13.2. The van der Waals surface area contributed by atoms with Gasteiger partial charge in [0.1, 0.15) is 11.6 Å². The number of hydrogen-bond donors (Lipinski definition) is 1. The summed E-state index contributed by atoms with van der Waals surface area (Å²) < 4.78 is 18.1. The quantitative estimate of drug-likeness (QED) is 0.802. The Bertz CT molecular complexity index is 442. The average molecular weight is 240 g/mol. The van der Waals surface area contributed by atoms with Crippen LogP contribution in [0.5, 0.6) is 5.75 Å². The molecule has 0 saturated carbocycles. The zero-order chi connectivity index (χ0) is 13.0. The van der Waals surface area contributed by atoms with E-state index in [1.165, 1.54) is 13.0 Å². The number of Topliss-reactive ketones (excluding diaryl/α,β-unsaturated/α-hetero) is 1. The molecule has 0 saturated heterocycles. The van der Waals surface area contributed by atoms with Crippen molar-refractivity contribution >= 4 is 11.8 Å². The Morgan fingerprint density at radius 2 is 2.12 bits per heavy atom. The molecule has 1 aromatic carbocycles. The summed E-state index contributed by atoms with van der Waals surface area (Å²) in [7, 11) is 0. The zero-order valence-corrected chi connectivity index (χ0v) is 9.57. The summed E-state index contributed by atoms with van der Waals surface area (Å²) in [5.74, 6) is -1.97. The number of halogens is 1. The lowest BCUT2D eigenvalue weighted by Gasteiger charge is -2.15. The van der Waals surface area contributed by atoms with Crippen molar-refractivity contribution in [3.8, 4) is 5.75 Å². The van der Waals surface area contributed by atoms with E-state index in [0.29, 0.717) is 0 Å². The smallest absolute Gasteiger partial charge is 0.344 e. The van der Waals surface area contributed by atoms with Crippen LogP contribution in [-0.2, 0) is 4.79 Å². The van der Waals surface area contributed by atoms with Gasteiger partial charge in [0.05, 0.1) is 5.56 Å². The maximum atomic E-state index is 13.0. The Kier molecular flexibility index (Phi) is 4.20. The first-order valence-electron chi connectivity index (χ1n) is 5.15. The first-order chi connectivity index (χ1) is 7.95. The number of aliphatic carboxylic acids is 1. The normalized spacial score (nSPS) is 11.9. The van der Waals surface area contributed by atoms with Gasteiger partial charge in [-0.1, -0.05) is 6.92 Å². The highest BCUT2D eigenvalue weighted by Gasteiger charge is 2.19. The third kappa shape index (κ3) is 3.27. The molecule has 1 atom stereocenters. The highest BCUT2D eigenvalue weighted by atomic mass is 19.1. The Labute approximate surface area is 98.0 Å². The van der Waals surface area contributed by atoms with Crippen LogP contribution >= 0.6 is 0 Å². The summed E-state index contributed by atoms with van der Waals surface area (Å²) in [4.78, 5) is 22.1. The molecule has 0 aliphatic carbocycles. The lowest BCUT2D eigenvalue weighted by Crippen LogP contribution is -2.26. The Morgan fingerprint density at radius 1 is 1.47 bits per heavy atom. The van der Waals surface area contributed by atoms with E-state index in [1.807, 2.05) is 0 Å². The van der Waals surface area contributed by atoms with Crippen molar-refractivity contribution in [3.05, 3.63) is 29.6 Å². The lowest BCUT2D eigenvalue weighted by molar-refractivity contribution is -0.145. The van der Waals surface area contributed by atoms with Crippen molar-refractivity contribution in [3.63, 3.8) is 0 Å². The minimum Gasteiger partial charge on any atom is -0.479 e. The van der Waals surface area contributed by atoms with Crippen LogP contribution in [0.25, 0.3) is 0 Å². The van der Waals surface area contributed by atoms with Crippen molar-refractivity contribution in [2.45, 2.75) is 26.4 Å². The predicted octanol–water partition coefficient (Wildman–Crippen LogP) is 2.27. The predicted molar refractivity (Wildman–Crippen MR) is 58.7 cm³/mol. The second-order valence-electron chi connectivity index (χ2n) is 3.55. The van der Waals surface area contributed by atoms with E-state index in [1.54, 1.807) is 6.92 Å². The van der Waals surface area contributed by atoms with Gasteiger partial charge in [-0.05, 0) is 31.5 Å². The van der Waals surface area contributed by atoms with Crippen LogP contribution in [-0.4, -0.2) is 23.0 Å². The minimum atomic E-state index is -1.12. The molecule has 0 aliphatic rings. The topological polar surface area (TPSA) is 63.6 Å². The molecule has 1 unspecified atom stereocenters. The van der Waals surface area contributed by atoms with Crippen LogP contribution in [0.1, 0.15) is 30.6 Å². The minimum absolute atomic E-state index is 0.0460. The van der Waals surface area contributed by atoms with Gasteiger partial charge in [-0.25, -0.2) is 9.18 Å². The molecule has 17 heavy (non-hydrogen) atoms. The fourth-order valence-corrected chi connectivity index (χ4v) is 1.34. The number of ketones is 1. The number of carboxylic acids is 1.